The van der Waals surface area contributed by atoms with E-state index >= 15 is 0 Å². The van der Waals surface area contributed by atoms with E-state index in [0.29, 0.717) is 6.61 Å². The summed E-state index contributed by atoms with van der Waals surface area (Å²) < 4.78 is 0. The molecule has 18 heavy (non-hydrogen) atoms. The Morgan fingerprint density at radius 3 is 1.67 bits per heavy atom. The van der Waals surface area contributed by atoms with E-state index in [9.17, 15) is 0 Å². The monoisotopic (exact) mass is 256 g/mol. The fraction of sp³-hybridized carbons (Fsp3) is 1.00. The Bertz CT molecular complexity index is 145. The van der Waals surface area contributed by atoms with Crippen molar-refractivity contribution in [2.24, 2.45) is 5.92 Å². The van der Waals surface area contributed by atoms with E-state index in [4.69, 9.17) is 5.11 Å². The highest BCUT2D eigenvalue weighted by atomic mass is 16.2. The zero-order valence-electron chi connectivity index (χ0n) is 12.9. The first-order valence-electron chi connectivity index (χ1n) is 8.46. The van der Waals surface area contributed by atoms with E-state index in [0.717, 1.165) is 12.3 Å². The van der Waals surface area contributed by atoms with E-state index in [1.54, 1.807) is 0 Å². The normalized spacial score (nSPS) is 12.8. The summed E-state index contributed by atoms with van der Waals surface area (Å²) in [5.74, 6) is 0.963. The molecule has 0 rings (SSSR count). The van der Waals surface area contributed by atoms with Crippen LogP contribution < -0.4 is 0 Å². The van der Waals surface area contributed by atoms with E-state index in [1.807, 2.05) is 0 Å². The third kappa shape index (κ3) is 12.4. The predicted octanol–water partition coefficient (Wildman–Crippen LogP) is 5.71. The van der Waals surface area contributed by atoms with Crippen molar-refractivity contribution in [2.45, 2.75) is 97.3 Å². The molecule has 110 valence electrons. The van der Waals surface area contributed by atoms with E-state index in [2.05, 4.69) is 13.8 Å². The number of unbranched alkanes of at least 4 members (excludes halogenated alkanes) is 7. The number of aliphatic hydroxyl groups is 1. The quantitative estimate of drug-likeness (QED) is 0.395. The molecule has 0 heterocycles. The molecule has 1 heteroatoms. The van der Waals surface area contributed by atoms with Crippen molar-refractivity contribution < 1.29 is 5.11 Å². The lowest BCUT2D eigenvalue weighted by molar-refractivity contribution is 0.278. The van der Waals surface area contributed by atoms with Crippen LogP contribution >= 0.6 is 0 Å². The highest BCUT2D eigenvalue weighted by Crippen LogP contribution is 2.23. The fourth-order valence-electron chi connectivity index (χ4n) is 2.68. The van der Waals surface area contributed by atoms with Crippen molar-refractivity contribution in [2.75, 3.05) is 6.61 Å². The highest BCUT2D eigenvalue weighted by Gasteiger charge is 2.07. The zero-order chi connectivity index (χ0) is 13.5. The van der Waals surface area contributed by atoms with Gasteiger partial charge in [0.05, 0.1) is 0 Å². The number of hydrogen-bond donors (Lipinski definition) is 1. The molecule has 0 amide bonds. The van der Waals surface area contributed by atoms with Crippen LogP contribution in [-0.2, 0) is 0 Å². The van der Waals surface area contributed by atoms with Crippen molar-refractivity contribution in [3.63, 3.8) is 0 Å². The minimum absolute atomic E-state index is 0.372. The van der Waals surface area contributed by atoms with Crippen LogP contribution in [0.4, 0.5) is 0 Å². The lowest BCUT2D eigenvalue weighted by Gasteiger charge is -2.16. The third-order valence-corrected chi connectivity index (χ3v) is 3.95. The molecular formula is C17H36O. The first-order valence-corrected chi connectivity index (χ1v) is 8.46. The number of rotatable bonds is 14. The van der Waals surface area contributed by atoms with Gasteiger partial charge in [0, 0.05) is 6.61 Å². The summed E-state index contributed by atoms with van der Waals surface area (Å²) in [6.07, 6.45) is 17.6. The topological polar surface area (TPSA) is 20.2 Å². The van der Waals surface area contributed by atoms with Crippen LogP contribution in [0.5, 0.6) is 0 Å². The van der Waals surface area contributed by atoms with Gasteiger partial charge in [-0.3, -0.25) is 0 Å². The minimum atomic E-state index is 0.372. The SMILES string of the molecule is CCCCCCCC(CCCC)CCCCCO. The van der Waals surface area contributed by atoms with Crippen molar-refractivity contribution in [3.05, 3.63) is 0 Å². The summed E-state index contributed by atoms with van der Waals surface area (Å²) in [6, 6.07) is 0. The summed E-state index contributed by atoms with van der Waals surface area (Å²) in [6.45, 7) is 4.95. The van der Waals surface area contributed by atoms with Gasteiger partial charge in [0.1, 0.15) is 0 Å². The average Bonchev–Trinajstić information content (AvgIpc) is 2.39. The molecule has 0 saturated carbocycles. The maximum Gasteiger partial charge on any atom is 0.0431 e. The third-order valence-electron chi connectivity index (χ3n) is 3.95. The van der Waals surface area contributed by atoms with E-state index in [1.165, 1.54) is 77.0 Å². The van der Waals surface area contributed by atoms with Crippen LogP contribution in [0.3, 0.4) is 0 Å². The molecule has 1 N–H and O–H groups in total. The molecule has 0 aliphatic rings. The van der Waals surface area contributed by atoms with Crippen molar-refractivity contribution >= 4 is 0 Å². The second-order valence-electron chi connectivity index (χ2n) is 5.78. The molecule has 0 aliphatic carbocycles. The van der Waals surface area contributed by atoms with Gasteiger partial charge in [-0.05, 0) is 12.3 Å². The van der Waals surface area contributed by atoms with Gasteiger partial charge in [0.25, 0.3) is 0 Å². The van der Waals surface area contributed by atoms with Gasteiger partial charge < -0.3 is 5.11 Å². The minimum Gasteiger partial charge on any atom is -0.396 e. The summed E-state index contributed by atoms with van der Waals surface area (Å²) >= 11 is 0. The predicted molar refractivity (Wildman–Crippen MR) is 81.9 cm³/mol. The van der Waals surface area contributed by atoms with Gasteiger partial charge in [-0.2, -0.15) is 0 Å². The van der Waals surface area contributed by atoms with Crippen LogP contribution in [-0.4, -0.2) is 11.7 Å². The molecule has 1 nitrogen and oxygen atoms in total. The first-order chi connectivity index (χ1) is 8.85. The molecule has 1 unspecified atom stereocenters. The van der Waals surface area contributed by atoms with E-state index in [-0.39, 0.29) is 0 Å². The van der Waals surface area contributed by atoms with Gasteiger partial charge >= 0.3 is 0 Å². The summed E-state index contributed by atoms with van der Waals surface area (Å²) in [5.41, 5.74) is 0. The molecule has 0 saturated heterocycles. The lowest BCUT2D eigenvalue weighted by Crippen LogP contribution is -2.01. The number of hydrogen-bond acceptors (Lipinski definition) is 1. The van der Waals surface area contributed by atoms with Crippen molar-refractivity contribution in [1.82, 2.24) is 0 Å². The van der Waals surface area contributed by atoms with Crippen LogP contribution in [0.15, 0.2) is 0 Å². The van der Waals surface area contributed by atoms with Gasteiger partial charge in [0.2, 0.25) is 0 Å². The molecule has 0 radical (unpaired) electrons. The Morgan fingerprint density at radius 1 is 0.611 bits per heavy atom. The van der Waals surface area contributed by atoms with Crippen LogP contribution in [0, 0.1) is 5.92 Å². The lowest BCUT2D eigenvalue weighted by atomic mass is 9.90. The number of aliphatic hydroxyl groups excluding tert-OH is 1. The van der Waals surface area contributed by atoms with Crippen molar-refractivity contribution in [1.29, 1.82) is 0 Å². The van der Waals surface area contributed by atoms with Crippen LogP contribution in [0.2, 0.25) is 0 Å². The van der Waals surface area contributed by atoms with Gasteiger partial charge in [-0.15, -0.1) is 0 Å². The summed E-state index contributed by atoms with van der Waals surface area (Å²) in [4.78, 5) is 0. The molecule has 0 aromatic heterocycles. The van der Waals surface area contributed by atoms with Gasteiger partial charge in [0.15, 0.2) is 0 Å². The van der Waals surface area contributed by atoms with E-state index < -0.39 is 0 Å². The van der Waals surface area contributed by atoms with Crippen LogP contribution in [0.25, 0.3) is 0 Å². The van der Waals surface area contributed by atoms with Crippen LogP contribution in [0.1, 0.15) is 97.3 Å². The molecule has 0 aliphatic heterocycles. The smallest absolute Gasteiger partial charge is 0.0431 e. The Morgan fingerprint density at radius 2 is 1.11 bits per heavy atom. The molecule has 1 atom stereocenters. The maximum atomic E-state index is 8.80. The Balaban J connectivity index is 3.56. The maximum absolute atomic E-state index is 8.80. The second-order valence-corrected chi connectivity index (χ2v) is 5.78. The van der Waals surface area contributed by atoms with Gasteiger partial charge in [-0.1, -0.05) is 90.9 Å². The summed E-state index contributed by atoms with van der Waals surface area (Å²) in [5, 5.41) is 8.80. The standard InChI is InChI=1S/C17H36O/c1-3-5-7-8-10-14-17(13-6-4-2)15-11-9-12-16-18/h17-18H,3-16H2,1-2H3. The molecular weight excluding hydrogens is 220 g/mol. The average molecular weight is 256 g/mol. The highest BCUT2D eigenvalue weighted by molar-refractivity contribution is 4.61. The zero-order valence-corrected chi connectivity index (χ0v) is 12.9. The molecule has 0 fully saturated rings. The van der Waals surface area contributed by atoms with Crippen molar-refractivity contribution in [3.8, 4) is 0 Å². The summed E-state index contributed by atoms with van der Waals surface area (Å²) in [7, 11) is 0. The first kappa shape index (κ1) is 18.0. The fourth-order valence-corrected chi connectivity index (χ4v) is 2.68. The molecule has 0 aromatic carbocycles. The Labute approximate surface area is 115 Å². The van der Waals surface area contributed by atoms with Gasteiger partial charge in [-0.25, -0.2) is 0 Å². The Kier molecular flexibility index (Phi) is 15.0. The molecule has 0 spiro atoms. The second kappa shape index (κ2) is 15.0. The Hall–Kier alpha value is -0.0400. The largest absolute Gasteiger partial charge is 0.396 e. The molecule has 0 bridgehead atoms. The molecule has 0 aromatic rings.